The fourth-order valence-corrected chi connectivity index (χ4v) is 1.75. The number of carbonyl (C=O) groups is 1. The topological polar surface area (TPSA) is 35.5 Å². The lowest BCUT2D eigenvalue weighted by Crippen LogP contribution is -2.10. The highest BCUT2D eigenvalue weighted by molar-refractivity contribution is 5.71. The minimum Gasteiger partial charge on any atom is -0.497 e. The first-order valence-corrected chi connectivity index (χ1v) is 5.10. The summed E-state index contributed by atoms with van der Waals surface area (Å²) >= 11 is 0. The summed E-state index contributed by atoms with van der Waals surface area (Å²) in [6.45, 7) is 0. The van der Waals surface area contributed by atoms with Crippen molar-refractivity contribution in [1.82, 2.24) is 0 Å². The molecule has 1 heterocycles. The van der Waals surface area contributed by atoms with Crippen LogP contribution in [-0.2, 0) is 16.0 Å². The van der Waals surface area contributed by atoms with Crippen molar-refractivity contribution in [3.05, 3.63) is 29.8 Å². The molecule has 1 fully saturated rings. The molecule has 0 saturated carbocycles. The third kappa shape index (κ3) is 2.49. The molecule has 1 saturated heterocycles. The largest absolute Gasteiger partial charge is 0.497 e. The van der Waals surface area contributed by atoms with E-state index in [4.69, 9.17) is 9.47 Å². The number of rotatable bonds is 3. The van der Waals surface area contributed by atoms with Crippen LogP contribution < -0.4 is 4.74 Å². The second-order valence-corrected chi connectivity index (χ2v) is 3.70. The van der Waals surface area contributed by atoms with Gasteiger partial charge in [-0.1, -0.05) is 12.1 Å². The van der Waals surface area contributed by atoms with Gasteiger partial charge in [0.1, 0.15) is 11.9 Å². The number of benzene rings is 1. The smallest absolute Gasteiger partial charge is 0.306 e. The second-order valence-electron chi connectivity index (χ2n) is 3.70. The quantitative estimate of drug-likeness (QED) is 0.709. The van der Waals surface area contributed by atoms with Gasteiger partial charge >= 0.3 is 5.97 Å². The molecule has 0 aliphatic carbocycles. The molecule has 0 spiro atoms. The molecule has 3 heteroatoms. The minimum atomic E-state index is -0.0755. The van der Waals surface area contributed by atoms with Gasteiger partial charge in [0.05, 0.1) is 7.11 Å². The Morgan fingerprint density at radius 3 is 2.67 bits per heavy atom. The molecule has 0 radical (unpaired) electrons. The highest BCUT2D eigenvalue weighted by atomic mass is 16.5. The number of cyclic esters (lactones) is 1. The van der Waals surface area contributed by atoms with Gasteiger partial charge in [0.2, 0.25) is 0 Å². The van der Waals surface area contributed by atoms with Crippen LogP contribution in [0.25, 0.3) is 0 Å². The molecule has 80 valence electrons. The van der Waals surface area contributed by atoms with E-state index in [0.717, 1.165) is 18.6 Å². The summed E-state index contributed by atoms with van der Waals surface area (Å²) in [5.41, 5.74) is 1.18. The Kier molecular flexibility index (Phi) is 2.90. The van der Waals surface area contributed by atoms with Crippen LogP contribution >= 0.6 is 0 Å². The molecule has 0 aromatic heterocycles. The van der Waals surface area contributed by atoms with Gasteiger partial charge in [-0.3, -0.25) is 4.79 Å². The van der Waals surface area contributed by atoms with Crippen molar-refractivity contribution in [1.29, 1.82) is 0 Å². The Bertz CT molecular complexity index is 342. The summed E-state index contributed by atoms with van der Waals surface area (Å²) in [6, 6.07) is 7.86. The van der Waals surface area contributed by atoms with E-state index in [1.807, 2.05) is 24.3 Å². The van der Waals surface area contributed by atoms with Gasteiger partial charge in [0, 0.05) is 12.8 Å². The SMILES string of the molecule is COc1ccc(C[C@@H]2CCC(=O)O2)cc1. The third-order valence-electron chi connectivity index (χ3n) is 2.59. The first-order chi connectivity index (χ1) is 7.28. The van der Waals surface area contributed by atoms with E-state index in [0.29, 0.717) is 6.42 Å². The zero-order chi connectivity index (χ0) is 10.7. The predicted octanol–water partition coefficient (Wildman–Crippen LogP) is 1.94. The lowest BCUT2D eigenvalue weighted by Gasteiger charge is -2.09. The summed E-state index contributed by atoms with van der Waals surface area (Å²) in [5, 5.41) is 0. The Hall–Kier alpha value is -1.51. The molecule has 2 rings (SSSR count). The maximum Gasteiger partial charge on any atom is 0.306 e. The molecular formula is C12H14O3. The van der Waals surface area contributed by atoms with Crippen LogP contribution in [-0.4, -0.2) is 19.2 Å². The lowest BCUT2D eigenvalue weighted by atomic mass is 10.1. The molecular weight excluding hydrogens is 192 g/mol. The van der Waals surface area contributed by atoms with Gasteiger partial charge in [0.15, 0.2) is 0 Å². The summed E-state index contributed by atoms with van der Waals surface area (Å²) in [5.74, 6) is 0.774. The van der Waals surface area contributed by atoms with E-state index < -0.39 is 0 Å². The lowest BCUT2D eigenvalue weighted by molar-refractivity contribution is -0.141. The molecule has 15 heavy (non-hydrogen) atoms. The molecule has 0 bridgehead atoms. The van der Waals surface area contributed by atoms with Crippen molar-refractivity contribution in [2.24, 2.45) is 0 Å². The van der Waals surface area contributed by atoms with E-state index in [2.05, 4.69) is 0 Å². The normalized spacial score (nSPS) is 20.1. The van der Waals surface area contributed by atoms with E-state index in [-0.39, 0.29) is 12.1 Å². The number of methoxy groups -OCH3 is 1. The highest BCUT2D eigenvalue weighted by Gasteiger charge is 2.23. The number of hydrogen-bond acceptors (Lipinski definition) is 3. The number of hydrogen-bond donors (Lipinski definition) is 0. The first kappa shape index (κ1) is 10.0. The summed E-state index contributed by atoms with van der Waals surface area (Å²) in [4.78, 5) is 10.9. The molecule has 0 unspecified atom stereocenters. The second kappa shape index (κ2) is 4.34. The minimum absolute atomic E-state index is 0.0610. The molecule has 1 atom stereocenters. The summed E-state index contributed by atoms with van der Waals surface area (Å²) in [7, 11) is 1.65. The monoisotopic (exact) mass is 206 g/mol. The Labute approximate surface area is 89.0 Å². The molecule has 1 aliphatic rings. The van der Waals surface area contributed by atoms with Gasteiger partial charge in [0.25, 0.3) is 0 Å². The number of carbonyl (C=O) groups excluding carboxylic acids is 1. The summed E-state index contributed by atoms with van der Waals surface area (Å²) < 4.78 is 10.2. The Balaban J connectivity index is 1.96. The first-order valence-electron chi connectivity index (χ1n) is 5.10. The van der Waals surface area contributed by atoms with Crippen molar-refractivity contribution in [2.75, 3.05) is 7.11 Å². The molecule has 0 N–H and O–H groups in total. The predicted molar refractivity (Wildman–Crippen MR) is 55.8 cm³/mol. The van der Waals surface area contributed by atoms with Gasteiger partial charge < -0.3 is 9.47 Å². The van der Waals surface area contributed by atoms with Gasteiger partial charge in [-0.05, 0) is 24.1 Å². The van der Waals surface area contributed by atoms with Crippen LogP contribution in [0.15, 0.2) is 24.3 Å². The summed E-state index contributed by atoms with van der Waals surface area (Å²) in [6.07, 6.45) is 2.26. The molecule has 1 aliphatic heterocycles. The fraction of sp³-hybridized carbons (Fsp3) is 0.417. The van der Waals surface area contributed by atoms with E-state index >= 15 is 0 Å². The average molecular weight is 206 g/mol. The Morgan fingerprint density at radius 2 is 2.13 bits per heavy atom. The maximum absolute atomic E-state index is 10.9. The zero-order valence-electron chi connectivity index (χ0n) is 8.73. The number of ether oxygens (including phenoxy) is 2. The van der Waals surface area contributed by atoms with Crippen molar-refractivity contribution < 1.29 is 14.3 Å². The fourth-order valence-electron chi connectivity index (χ4n) is 1.75. The third-order valence-corrected chi connectivity index (χ3v) is 2.59. The van der Waals surface area contributed by atoms with Crippen molar-refractivity contribution in [3.63, 3.8) is 0 Å². The molecule has 1 aromatic carbocycles. The standard InChI is InChI=1S/C12H14O3/c1-14-10-4-2-9(3-5-10)8-11-6-7-12(13)15-11/h2-5,11H,6-8H2,1H3/t11-/m0/s1. The average Bonchev–Trinajstić information content (AvgIpc) is 2.65. The van der Waals surface area contributed by atoms with Crippen LogP contribution in [0.3, 0.4) is 0 Å². The van der Waals surface area contributed by atoms with Crippen LogP contribution in [0, 0.1) is 0 Å². The zero-order valence-corrected chi connectivity index (χ0v) is 8.73. The Morgan fingerprint density at radius 1 is 1.40 bits per heavy atom. The van der Waals surface area contributed by atoms with Crippen molar-refractivity contribution >= 4 is 5.97 Å². The number of esters is 1. The van der Waals surface area contributed by atoms with E-state index in [9.17, 15) is 4.79 Å². The van der Waals surface area contributed by atoms with Gasteiger partial charge in [-0.25, -0.2) is 0 Å². The highest BCUT2D eigenvalue weighted by Crippen LogP contribution is 2.19. The van der Waals surface area contributed by atoms with Crippen molar-refractivity contribution in [2.45, 2.75) is 25.4 Å². The van der Waals surface area contributed by atoms with Gasteiger partial charge in [-0.15, -0.1) is 0 Å². The van der Waals surface area contributed by atoms with E-state index in [1.165, 1.54) is 5.56 Å². The van der Waals surface area contributed by atoms with Crippen LogP contribution in [0.1, 0.15) is 18.4 Å². The molecule has 0 amide bonds. The van der Waals surface area contributed by atoms with Crippen LogP contribution in [0.2, 0.25) is 0 Å². The maximum atomic E-state index is 10.9. The van der Waals surface area contributed by atoms with Gasteiger partial charge in [-0.2, -0.15) is 0 Å². The molecule has 3 nitrogen and oxygen atoms in total. The van der Waals surface area contributed by atoms with E-state index in [1.54, 1.807) is 7.11 Å². The van der Waals surface area contributed by atoms with Crippen LogP contribution in [0.5, 0.6) is 5.75 Å². The van der Waals surface area contributed by atoms with Crippen molar-refractivity contribution in [3.8, 4) is 5.75 Å². The van der Waals surface area contributed by atoms with Crippen LogP contribution in [0.4, 0.5) is 0 Å². The molecule has 1 aromatic rings.